The number of aryl methyl sites for hydroxylation is 1. The highest BCUT2D eigenvalue weighted by Gasteiger charge is 2.17. The highest BCUT2D eigenvalue weighted by atomic mass is 32.1. The van der Waals surface area contributed by atoms with Gasteiger partial charge in [0.2, 0.25) is 0 Å². The first-order valence-electron chi connectivity index (χ1n) is 6.87. The number of nitrogens with zero attached hydrogens (tertiary/aromatic N) is 2. The number of rotatable bonds is 9. The van der Waals surface area contributed by atoms with Crippen LogP contribution in [0.3, 0.4) is 0 Å². The molecule has 0 saturated carbocycles. The van der Waals surface area contributed by atoms with Crippen LogP contribution in [-0.2, 0) is 6.42 Å². The molecule has 1 unspecified atom stereocenters. The van der Waals surface area contributed by atoms with Gasteiger partial charge in [-0.05, 0) is 37.3 Å². The summed E-state index contributed by atoms with van der Waals surface area (Å²) in [5.74, 6) is 0. The first-order chi connectivity index (χ1) is 8.33. The lowest BCUT2D eigenvalue weighted by Crippen LogP contribution is -2.22. The number of nitrogens with one attached hydrogen (secondary N) is 1. The Hall–Kier alpha value is -0.480. The number of unbranched alkanes of at least 4 members (excludes halogenated alkanes) is 1. The van der Waals surface area contributed by atoms with Crippen LogP contribution < -0.4 is 5.32 Å². The smallest absolute Gasteiger partial charge is 0.0803 e. The van der Waals surface area contributed by atoms with Crippen LogP contribution in [-0.4, -0.2) is 16.1 Å². The van der Waals surface area contributed by atoms with Gasteiger partial charge in [0.25, 0.3) is 0 Å². The molecule has 0 aliphatic carbocycles. The van der Waals surface area contributed by atoms with Crippen LogP contribution in [0, 0.1) is 0 Å². The fraction of sp³-hybridized carbons (Fsp3) is 0.846. The molecule has 0 aliphatic rings. The van der Waals surface area contributed by atoms with Gasteiger partial charge in [-0.2, -0.15) is 0 Å². The van der Waals surface area contributed by atoms with E-state index in [0.29, 0.717) is 6.04 Å². The van der Waals surface area contributed by atoms with Crippen LogP contribution in [0.2, 0.25) is 0 Å². The summed E-state index contributed by atoms with van der Waals surface area (Å²) >= 11 is 1.57. The van der Waals surface area contributed by atoms with Crippen molar-refractivity contribution in [2.75, 3.05) is 6.54 Å². The maximum Gasteiger partial charge on any atom is 0.0803 e. The maximum absolute atomic E-state index is 4.27. The van der Waals surface area contributed by atoms with Gasteiger partial charge >= 0.3 is 0 Å². The van der Waals surface area contributed by atoms with Crippen LogP contribution in [0.5, 0.6) is 0 Å². The van der Waals surface area contributed by atoms with E-state index < -0.39 is 0 Å². The molecular weight excluding hydrogens is 230 g/mol. The molecule has 98 valence electrons. The molecule has 0 radical (unpaired) electrons. The summed E-state index contributed by atoms with van der Waals surface area (Å²) in [6.45, 7) is 7.73. The third-order valence-corrected chi connectivity index (χ3v) is 3.76. The minimum absolute atomic E-state index is 0.469. The molecule has 17 heavy (non-hydrogen) atoms. The normalized spacial score (nSPS) is 12.9. The second kappa shape index (κ2) is 8.59. The second-order valence-corrected chi connectivity index (χ2v) is 5.27. The quantitative estimate of drug-likeness (QED) is 0.731. The van der Waals surface area contributed by atoms with Gasteiger partial charge in [-0.1, -0.05) is 44.5 Å². The van der Waals surface area contributed by atoms with Gasteiger partial charge in [-0.25, -0.2) is 0 Å². The molecule has 0 fully saturated rings. The molecule has 0 amide bonds. The van der Waals surface area contributed by atoms with Gasteiger partial charge in [0.1, 0.15) is 0 Å². The molecule has 0 saturated heterocycles. The Morgan fingerprint density at radius 1 is 1.18 bits per heavy atom. The van der Waals surface area contributed by atoms with Crippen molar-refractivity contribution in [3.05, 3.63) is 10.6 Å². The molecule has 0 aliphatic heterocycles. The predicted octanol–water partition coefficient (Wildman–Crippen LogP) is 3.72. The number of aromatic nitrogens is 2. The van der Waals surface area contributed by atoms with E-state index in [-0.39, 0.29) is 0 Å². The average Bonchev–Trinajstić information content (AvgIpc) is 2.78. The number of hydrogen-bond donors (Lipinski definition) is 1. The summed E-state index contributed by atoms with van der Waals surface area (Å²) in [6.07, 6.45) is 7.11. The zero-order valence-electron chi connectivity index (χ0n) is 11.3. The molecule has 1 aromatic heterocycles. The van der Waals surface area contributed by atoms with Gasteiger partial charge in [0.15, 0.2) is 0 Å². The van der Waals surface area contributed by atoms with Crippen molar-refractivity contribution in [2.45, 2.75) is 65.3 Å². The first-order valence-corrected chi connectivity index (χ1v) is 7.65. The third-order valence-electron chi connectivity index (χ3n) is 2.88. The molecule has 1 N–H and O–H groups in total. The predicted molar refractivity (Wildman–Crippen MR) is 74.5 cm³/mol. The summed E-state index contributed by atoms with van der Waals surface area (Å²) in [5.41, 5.74) is 1.21. The van der Waals surface area contributed by atoms with Crippen molar-refractivity contribution in [1.82, 2.24) is 14.9 Å². The Morgan fingerprint density at radius 2 is 2.00 bits per heavy atom. The second-order valence-electron chi connectivity index (χ2n) is 4.48. The van der Waals surface area contributed by atoms with E-state index in [9.17, 15) is 0 Å². The summed E-state index contributed by atoms with van der Waals surface area (Å²) in [6, 6.07) is 0.469. The van der Waals surface area contributed by atoms with Gasteiger partial charge in [0.05, 0.1) is 10.6 Å². The molecule has 1 aromatic rings. The molecule has 4 heteroatoms. The Morgan fingerprint density at radius 3 is 2.65 bits per heavy atom. The Balaban J connectivity index is 2.68. The van der Waals surface area contributed by atoms with Gasteiger partial charge in [-0.3, -0.25) is 0 Å². The maximum atomic E-state index is 4.27. The van der Waals surface area contributed by atoms with Crippen LogP contribution in [0.1, 0.15) is 69.5 Å². The molecule has 0 aromatic carbocycles. The van der Waals surface area contributed by atoms with Crippen LogP contribution in [0.15, 0.2) is 0 Å². The number of hydrogen-bond acceptors (Lipinski definition) is 4. The van der Waals surface area contributed by atoms with Crippen molar-refractivity contribution in [3.8, 4) is 0 Å². The zero-order valence-corrected chi connectivity index (χ0v) is 12.1. The van der Waals surface area contributed by atoms with E-state index in [1.54, 1.807) is 11.5 Å². The van der Waals surface area contributed by atoms with Gasteiger partial charge in [0, 0.05) is 6.04 Å². The highest BCUT2D eigenvalue weighted by Crippen LogP contribution is 2.25. The van der Waals surface area contributed by atoms with Crippen molar-refractivity contribution in [2.24, 2.45) is 0 Å². The van der Waals surface area contributed by atoms with Crippen LogP contribution >= 0.6 is 11.5 Å². The summed E-state index contributed by atoms with van der Waals surface area (Å²) < 4.78 is 4.13. The summed E-state index contributed by atoms with van der Waals surface area (Å²) in [5, 5.41) is 7.91. The largest absolute Gasteiger partial charge is 0.309 e. The lowest BCUT2D eigenvalue weighted by molar-refractivity contribution is 0.483. The lowest BCUT2D eigenvalue weighted by atomic mass is 10.1. The lowest BCUT2D eigenvalue weighted by Gasteiger charge is -2.17. The summed E-state index contributed by atoms with van der Waals surface area (Å²) in [4.78, 5) is 1.37. The van der Waals surface area contributed by atoms with E-state index in [1.807, 2.05) is 0 Å². The molecule has 0 bridgehead atoms. The Labute approximate surface area is 109 Å². The summed E-state index contributed by atoms with van der Waals surface area (Å²) in [7, 11) is 0. The van der Waals surface area contributed by atoms with E-state index in [1.165, 1.54) is 36.3 Å². The first kappa shape index (κ1) is 14.6. The fourth-order valence-electron chi connectivity index (χ4n) is 1.94. The molecule has 1 heterocycles. The molecule has 0 spiro atoms. The van der Waals surface area contributed by atoms with Crippen LogP contribution in [0.4, 0.5) is 0 Å². The molecular formula is C13H25N3S. The van der Waals surface area contributed by atoms with Crippen molar-refractivity contribution < 1.29 is 0 Å². The highest BCUT2D eigenvalue weighted by molar-refractivity contribution is 7.05. The van der Waals surface area contributed by atoms with E-state index in [4.69, 9.17) is 0 Å². The standard InChI is InChI=1S/C13H25N3S/c1-4-7-9-11(14-10-6-3)13-12(8-5-2)15-16-17-13/h11,14H,4-10H2,1-3H3. The van der Waals surface area contributed by atoms with Crippen LogP contribution in [0.25, 0.3) is 0 Å². The monoisotopic (exact) mass is 255 g/mol. The van der Waals surface area contributed by atoms with Crippen molar-refractivity contribution in [1.29, 1.82) is 0 Å². The minimum atomic E-state index is 0.469. The van der Waals surface area contributed by atoms with Crippen molar-refractivity contribution >= 4 is 11.5 Å². The van der Waals surface area contributed by atoms with Gasteiger partial charge < -0.3 is 5.32 Å². The molecule has 1 atom stereocenters. The van der Waals surface area contributed by atoms with E-state index in [2.05, 4.69) is 35.7 Å². The molecule has 3 nitrogen and oxygen atoms in total. The minimum Gasteiger partial charge on any atom is -0.309 e. The zero-order chi connectivity index (χ0) is 12.5. The van der Waals surface area contributed by atoms with E-state index >= 15 is 0 Å². The fourth-order valence-corrected chi connectivity index (χ4v) is 2.75. The topological polar surface area (TPSA) is 37.8 Å². The Kier molecular flexibility index (Phi) is 7.37. The molecule has 1 rings (SSSR count). The van der Waals surface area contributed by atoms with Gasteiger partial charge in [-0.15, -0.1) is 5.10 Å². The van der Waals surface area contributed by atoms with E-state index in [0.717, 1.165) is 19.4 Å². The SMILES string of the molecule is CCCCC(NCCC)c1snnc1CCC. The van der Waals surface area contributed by atoms with Crippen molar-refractivity contribution in [3.63, 3.8) is 0 Å². The Bertz CT molecular complexity index is 291. The average molecular weight is 255 g/mol. The third kappa shape index (κ3) is 4.72.